The Morgan fingerprint density at radius 1 is 1.36 bits per heavy atom. The summed E-state index contributed by atoms with van der Waals surface area (Å²) in [5.41, 5.74) is 2.69. The zero-order valence-corrected chi connectivity index (χ0v) is 14.9. The summed E-state index contributed by atoms with van der Waals surface area (Å²) in [6.45, 7) is 4.03. The standard InChI is InChI=1S/C18H17ClN4O2/c1-10-17-16(23(10)9-20-17)8-22-5-4-13-14(18(22)25)6-12(19)7-15(13)21(3)11(2)24/h4-7,9,16H,8H2,1-3H3. The van der Waals surface area contributed by atoms with Crippen LogP contribution in [0.2, 0.25) is 5.02 Å². The van der Waals surface area contributed by atoms with E-state index in [9.17, 15) is 9.59 Å². The maximum atomic E-state index is 12.9. The minimum atomic E-state index is -0.121. The second-order valence-electron chi connectivity index (χ2n) is 6.38. The van der Waals surface area contributed by atoms with Crippen LogP contribution in [-0.4, -0.2) is 27.1 Å². The van der Waals surface area contributed by atoms with Gasteiger partial charge in [0.05, 0.1) is 35.7 Å². The van der Waals surface area contributed by atoms with Crippen molar-refractivity contribution < 1.29 is 4.79 Å². The molecule has 2 aliphatic heterocycles. The minimum Gasteiger partial charge on any atom is -0.324 e. The zero-order chi connectivity index (χ0) is 17.9. The number of carbonyl (C=O) groups excluding carboxylic acids is 1. The van der Waals surface area contributed by atoms with E-state index in [-0.39, 0.29) is 17.5 Å². The van der Waals surface area contributed by atoms with Crippen LogP contribution in [0.25, 0.3) is 10.8 Å². The monoisotopic (exact) mass is 356 g/mol. The van der Waals surface area contributed by atoms with Crippen molar-refractivity contribution in [3.05, 3.63) is 57.5 Å². The average molecular weight is 357 g/mol. The first-order valence-electron chi connectivity index (χ1n) is 7.99. The van der Waals surface area contributed by atoms with Gasteiger partial charge in [-0.05, 0) is 25.1 Å². The Bertz CT molecular complexity index is 1060. The van der Waals surface area contributed by atoms with E-state index in [0.29, 0.717) is 28.0 Å². The molecule has 0 spiro atoms. The molecule has 2 bridgehead atoms. The minimum absolute atomic E-state index is 0.119. The predicted octanol–water partition coefficient (Wildman–Crippen LogP) is 2.75. The van der Waals surface area contributed by atoms with Crippen molar-refractivity contribution in [2.75, 3.05) is 11.9 Å². The molecular formula is C18H17ClN4O2. The highest BCUT2D eigenvalue weighted by Crippen LogP contribution is 2.34. The van der Waals surface area contributed by atoms with Crippen molar-refractivity contribution in [3.8, 4) is 0 Å². The number of anilines is 1. The molecule has 6 nitrogen and oxygen atoms in total. The number of rotatable bonds is 3. The van der Waals surface area contributed by atoms with Crippen molar-refractivity contribution >= 4 is 34.0 Å². The van der Waals surface area contributed by atoms with E-state index in [1.54, 1.807) is 36.3 Å². The number of pyridine rings is 1. The Balaban J connectivity index is 1.80. The maximum Gasteiger partial charge on any atom is 0.258 e. The average Bonchev–Trinajstić information content (AvgIpc) is 3.17. The van der Waals surface area contributed by atoms with Gasteiger partial charge in [-0.1, -0.05) is 11.6 Å². The number of nitrogens with zero attached hydrogens (tertiary/aromatic N) is 4. The Morgan fingerprint density at radius 2 is 2.12 bits per heavy atom. The highest BCUT2D eigenvalue weighted by molar-refractivity contribution is 6.32. The summed E-state index contributed by atoms with van der Waals surface area (Å²) >= 11 is 6.19. The first kappa shape index (κ1) is 15.9. The second-order valence-corrected chi connectivity index (χ2v) is 6.81. The third-order valence-electron chi connectivity index (χ3n) is 4.97. The first-order valence-corrected chi connectivity index (χ1v) is 8.36. The number of benzene rings is 1. The quantitative estimate of drug-likeness (QED) is 0.725. The van der Waals surface area contributed by atoms with Crippen molar-refractivity contribution in [1.82, 2.24) is 14.1 Å². The van der Waals surface area contributed by atoms with E-state index in [1.807, 2.05) is 13.0 Å². The van der Waals surface area contributed by atoms with Crippen molar-refractivity contribution in [2.24, 2.45) is 0 Å². The predicted molar refractivity (Wildman–Crippen MR) is 97.4 cm³/mol. The lowest BCUT2D eigenvalue weighted by atomic mass is 10.1. The van der Waals surface area contributed by atoms with Crippen LogP contribution >= 0.6 is 11.6 Å². The fraction of sp³-hybridized carbons (Fsp3) is 0.278. The lowest BCUT2D eigenvalue weighted by Gasteiger charge is -2.27. The molecule has 5 rings (SSSR count). The second kappa shape index (κ2) is 5.46. The Hall–Kier alpha value is -2.60. The van der Waals surface area contributed by atoms with Gasteiger partial charge in [0.25, 0.3) is 5.56 Å². The van der Waals surface area contributed by atoms with Crippen molar-refractivity contribution in [3.63, 3.8) is 0 Å². The lowest BCUT2D eigenvalue weighted by molar-refractivity contribution is -0.116. The van der Waals surface area contributed by atoms with Gasteiger partial charge in [-0.3, -0.25) is 9.59 Å². The number of aromatic nitrogens is 3. The summed E-state index contributed by atoms with van der Waals surface area (Å²) in [4.78, 5) is 30.5. The van der Waals surface area contributed by atoms with Crippen LogP contribution in [0.15, 0.2) is 35.5 Å². The molecule has 2 aliphatic rings. The SMILES string of the molecule is CC(=O)N(C)c1cc(Cl)cc2c(=O)n(CC3c4ncn3c4C)ccc12. The van der Waals surface area contributed by atoms with Crippen molar-refractivity contribution in [1.29, 1.82) is 0 Å². The molecule has 1 atom stereocenters. The number of hydrogen-bond donors (Lipinski definition) is 0. The van der Waals surface area contributed by atoms with Gasteiger partial charge in [0.1, 0.15) is 0 Å². The van der Waals surface area contributed by atoms with Crippen LogP contribution in [0.4, 0.5) is 5.69 Å². The first-order chi connectivity index (χ1) is 11.9. The van der Waals surface area contributed by atoms with Crippen LogP contribution in [0, 0.1) is 6.92 Å². The van der Waals surface area contributed by atoms with Crippen LogP contribution in [-0.2, 0) is 11.3 Å². The van der Waals surface area contributed by atoms with E-state index in [2.05, 4.69) is 9.55 Å². The van der Waals surface area contributed by atoms with E-state index >= 15 is 0 Å². The van der Waals surface area contributed by atoms with E-state index in [1.165, 1.54) is 11.8 Å². The van der Waals surface area contributed by atoms with Gasteiger partial charge < -0.3 is 14.0 Å². The Morgan fingerprint density at radius 3 is 2.72 bits per heavy atom. The fourth-order valence-electron chi connectivity index (χ4n) is 3.44. The van der Waals surface area contributed by atoms with E-state index in [4.69, 9.17) is 11.6 Å². The van der Waals surface area contributed by atoms with E-state index in [0.717, 1.165) is 11.4 Å². The van der Waals surface area contributed by atoms with Crippen molar-refractivity contribution in [2.45, 2.75) is 26.4 Å². The molecule has 3 aromatic rings. The molecule has 0 N–H and O–H groups in total. The number of hydrogen-bond acceptors (Lipinski definition) is 3. The molecule has 1 aromatic carbocycles. The van der Waals surface area contributed by atoms with Gasteiger partial charge in [0, 0.05) is 36.3 Å². The molecule has 128 valence electrons. The van der Waals surface area contributed by atoms with Crippen LogP contribution in [0.1, 0.15) is 24.4 Å². The van der Waals surface area contributed by atoms with Crippen LogP contribution < -0.4 is 10.5 Å². The van der Waals surface area contributed by atoms with Gasteiger partial charge in [0.2, 0.25) is 5.91 Å². The molecule has 7 heteroatoms. The number of fused-ring (bicyclic) bond motifs is 2. The molecule has 0 saturated heterocycles. The molecule has 0 aliphatic carbocycles. The largest absolute Gasteiger partial charge is 0.324 e. The summed E-state index contributed by atoms with van der Waals surface area (Å²) in [6.07, 6.45) is 3.57. The molecule has 1 unspecified atom stereocenters. The fourth-order valence-corrected chi connectivity index (χ4v) is 3.65. The van der Waals surface area contributed by atoms with E-state index < -0.39 is 0 Å². The highest BCUT2D eigenvalue weighted by atomic mass is 35.5. The third-order valence-corrected chi connectivity index (χ3v) is 5.19. The normalized spacial score (nSPS) is 15.3. The van der Waals surface area contributed by atoms with Gasteiger partial charge in [-0.2, -0.15) is 0 Å². The smallest absolute Gasteiger partial charge is 0.258 e. The number of carbonyl (C=O) groups is 1. The molecule has 0 radical (unpaired) electrons. The molecule has 4 heterocycles. The number of halogens is 1. The molecular weight excluding hydrogens is 340 g/mol. The summed E-state index contributed by atoms with van der Waals surface area (Å²) in [7, 11) is 1.67. The number of amides is 1. The number of aryl methyl sites for hydroxylation is 1. The lowest BCUT2D eigenvalue weighted by Crippen LogP contribution is -2.30. The number of imidazole rings is 1. The summed E-state index contributed by atoms with van der Waals surface area (Å²) < 4.78 is 3.74. The molecule has 2 aromatic heterocycles. The van der Waals surface area contributed by atoms with Crippen LogP contribution in [0.5, 0.6) is 0 Å². The van der Waals surface area contributed by atoms with Gasteiger partial charge >= 0.3 is 0 Å². The van der Waals surface area contributed by atoms with Crippen LogP contribution in [0.3, 0.4) is 0 Å². The maximum absolute atomic E-state index is 12.9. The highest BCUT2D eigenvalue weighted by Gasteiger charge is 2.31. The Kier molecular flexibility index (Phi) is 3.47. The summed E-state index contributed by atoms with van der Waals surface area (Å²) in [5, 5.41) is 1.65. The van der Waals surface area contributed by atoms with Gasteiger partial charge in [-0.25, -0.2) is 4.98 Å². The summed E-state index contributed by atoms with van der Waals surface area (Å²) in [6, 6.07) is 5.34. The zero-order valence-electron chi connectivity index (χ0n) is 14.2. The molecule has 0 fully saturated rings. The van der Waals surface area contributed by atoms with Gasteiger partial charge in [-0.15, -0.1) is 0 Å². The third kappa shape index (κ3) is 2.28. The van der Waals surface area contributed by atoms with Gasteiger partial charge in [0.15, 0.2) is 0 Å². The topological polar surface area (TPSA) is 60.1 Å². The molecule has 25 heavy (non-hydrogen) atoms. The Labute approximate surface area is 149 Å². The molecule has 1 amide bonds. The summed E-state index contributed by atoms with van der Waals surface area (Å²) in [5.74, 6) is -0.119. The molecule has 0 saturated carbocycles.